The van der Waals surface area contributed by atoms with Gasteiger partial charge in [-0.2, -0.15) is 0 Å². The molecule has 0 saturated carbocycles. The molecule has 0 bridgehead atoms. The van der Waals surface area contributed by atoms with Gasteiger partial charge in [0.25, 0.3) is 0 Å². The van der Waals surface area contributed by atoms with Crippen molar-refractivity contribution in [1.29, 1.82) is 0 Å². The van der Waals surface area contributed by atoms with Crippen LogP contribution in [-0.2, 0) is 0 Å². The van der Waals surface area contributed by atoms with E-state index in [1.54, 1.807) is 18.7 Å². The van der Waals surface area contributed by atoms with E-state index in [1.165, 1.54) is 0 Å². The van der Waals surface area contributed by atoms with Crippen molar-refractivity contribution in [2.24, 2.45) is 0 Å². The van der Waals surface area contributed by atoms with E-state index < -0.39 is 0 Å². The van der Waals surface area contributed by atoms with Crippen LogP contribution in [0.4, 0.5) is 0 Å². The average Bonchev–Trinajstić information content (AvgIpc) is 2.29. The number of aromatic amines is 1. The largest absolute Gasteiger partial charge is 0.346 e. The van der Waals surface area contributed by atoms with Crippen molar-refractivity contribution in [2.45, 2.75) is 19.8 Å². The summed E-state index contributed by atoms with van der Waals surface area (Å²) >= 11 is 5.27. The normalized spacial score (nSPS) is 10.7. The fourth-order valence-corrected chi connectivity index (χ4v) is 2.09. The predicted molar refractivity (Wildman–Crippen MR) is 66.7 cm³/mol. The van der Waals surface area contributed by atoms with Crippen molar-refractivity contribution >= 4 is 12.2 Å². The van der Waals surface area contributed by atoms with E-state index in [1.807, 2.05) is 12.1 Å². The highest BCUT2D eigenvalue weighted by atomic mass is 32.1. The zero-order valence-electron chi connectivity index (χ0n) is 9.27. The average molecular weight is 231 g/mol. The number of rotatable bonds is 2. The molecule has 0 spiro atoms. The maximum atomic E-state index is 5.27. The van der Waals surface area contributed by atoms with E-state index in [-0.39, 0.29) is 0 Å². The number of H-pyrrole nitrogens is 1. The van der Waals surface area contributed by atoms with Crippen LogP contribution in [0, 0.1) is 4.64 Å². The summed E-state index contributed by atoms with van der Waals surface area (Å²) in [6, 6.07) is 3.93. The minimum Gasteiger partial charge on any atom is -0.346 e. The summed E-state index contributed by atoms with van der Waals surface area (Å²) in [6.07, 6.45) is 5.19. The molecule has 0 fully saturated rings. The molecule has 0 unspecified atom stereocenters. The van der Waals surface area contributed by atoms with Crippen LogP contribution in [0.15, 0.2) is 30.9 Å². The van der Waals surface area contributed by atoms with Crippen LogP contribution in [0.2, 0.25) is 0 Å². The first kappa shape index (κ1) is 11.0. The molecule has 0 aliphatic rings. The highest BCUT2D eigenvalue weighted by Crippen LogP contribution is 2.26. The Morgan fingerprint density at radius 2 is 1.94 bits per heavy atom. The Labute approximate surface area is 99.6 Å². The number of pyridine rings is 1. The second-order valence-corrected chi connectivity index (χ2v) is 4.27. The van der Waals surface area contributed by atoms with Crippen molar-refractivity contribution < 1.29 is 0 Å². The van der Waals surface area contributed by atoms with Crippen molar-refractivity contribution in [1.82, 2.24) is 15.0 Å². The first-order valence-corrected chi connectivity index (χ1v) is 5.59. The zero-order valence-corrected chi connectivity index (χ0v) is 10.1. The van der Waals surface area contributed by atoms with E-state index in [0.717, 1.165) is 16.8 Å². The molecule has 0 aliphatic carbocycles. The quantitative estimate of drug-likeness (QED) is 0.806. The molecule has 4 heteroatoms. The summed E-state index contributed by atoms with van der Waals surface area (Å²) in [5.74, 6) is 0.348. The summed E-state index contributed by atoms with van der Waals surface area (Å²) in [6.45, 7) is 4.23. The van der Waals surface area contributed by atoms with Gasteiger partial charge in [-0.15, -0.1) is 0 Å². The Hall–Kier alpha value is -1.55. The van der Waals surface area contributed by atoms with E-state index in [2.05, 4.69) is 28.8 Å². The fourth-order valence-electron chi connectivity index (χ4n) is 1.70. The summed E-state index contributed by atoms with van der Waals surface area (Å²) < 4.78 is 0.667. The van der Waals surface area contributed by atoms with Crippen LogP contribution < -0.4 is 0 Å². The van der Waals surface area contributed by atoms with E-state index >= 15 is 0 Å². The SMILES string of the molecule is CC(C)c1c(-c2ccncc2)[nH]cnc1=S. The van der Waals surface area contributed by atoms with Crippen LogP contribution >= 0.6 is 12.2 Å². The maximum absolute atomic E-state index is 5.27. The maximum Gasteiger partial charge on any atom is 0.133 e. The molecule has 3 nitrogen and oxygen atoms in total. The Bertz CT molecular complexity index is 531. The Morgan fingerprint density at radius 3 is 2.56 bits per heavy atom. The smallest absolute Gasteiger partial charge is 0.133 e. The monoisotopic (exact) mass is 231 g/mol. The molecule has 2 aromatic rings. The van der Waals surface area contributed by atoms with Gasteiger partial charge in [-0.3, -0.25) is 4.98 Å². The molecule has 16 heavy (non-hydrogen) atoms. The molecule has 2 rings (SSSR count). The molecule has 0 saturated heterocycles. The Morgan fingerprint density at radius 1 is 1.25 bits per heavy atom. The highest BCUT2D eigenvalue weighted by Gasteiger charge is 2.11. The lowest BCUT2D eigenvalue weighted by molar-refractivity contribution is 0.843. The number of aromatic nitrogens is 3. The van der Waals surface area contributed by atoms with Gasteiger partial charge >= 0.3 is 0 Å². The van der Waals surface area contributed by atoms with Gasteiger partial charge in [0.2, 0.25) is 0 Å². The highest BCUT2D eigenvalue weighted by molar-refractivity contribution is 7.71. The topological polar surface area (TPSA) is 41.6 Å². The second-order valence-electron chi connectivity index (χ2n) is 3.89. The van der Waals surface area contributed by atoms with Crippen LogP contribution in [0.5, 0.6) is 0 Å². The van der Waals surface area contributed by atoms with Crippen molar-refractivity contribution in [3.63, 3.8) is 0 Å². The summed E-state index contributed by atoms with van der Waals surface area (Å²) in [5.41, 5.74) is 3.22. The van der Waals surface area contributed by atoms with Gasteiger partial charge in [-0.25, -0.2) is 4.98 Å². The fraction of sp³-hybridized carbons (Fsp3) is 0.250. The van der Waals surface area contributed by atoms with Crippen LogP contribution in [0.3, 0.4) is 0 Å². The molecular weight excluding hydrogens is 218 g/mol. The lowest BCUT2D eigenvalue weighted by Gasteiger charge is -2.11. The number of hydrogen-bond donors (Lipinski definition) is 1. The Kier molecular flexibility index (Phi) is 3.10. The van der Waals surface area contributed by atoms with E-state index in [0.29, 0.717) is 10.6 Å². The Balaban J connectivity index is 2.66. The number of nitrogens with zero attached hydrogens (tertiary/aromatic N) is 2. The van der Waals surface area contributed by atoms with Crippen molar-refractivity contribution in [3.05, 3.63) is 41.1 Å². The molecule has 0 atom stereocenters. The first-order valence-electron chi connectivity index (χ1n) is 5.18. The van der Waals surface area contributed by atoms with E-state index in [4.69, 9.17) is 12.2 Å². The predicted octanol–water partition coefficient (Wildman–Crippen LogP) is 3.32. The van der Waals surface area contributed by atoms with Gasteiger partial charge in [-0.05, 0) is 18.1 Å². The summed E-state index contributed by atoms with van der Waals surface area (Å²) in [4.78, 5) is 11.3. The molecule has 0 aromatic carbocycles. The molecular formula is C12H13N3S. The third-order valence-electron chi connectivity index (χ3n) is 2.44. The van der Waals surface area contributed by atoms with Gasteiger partial charge in [0.15, 0.2) is 0 Å². The second kappa shape index (κ2) is 4.53. The van der Waals surface area contributed by atoms with Gasteiger partial charge in [0.05, 0.1) is 12.0 Å². The van der Waals surface area contributed by atoms with Crippen LogP contribution in [0.1, 0.15) is 25.3 Å². The standard InChI is InChI=1S/C12H13N3S/c1-8(2)10-11(14-7-15-12(10)16)9-3-5-13-6-4-9/h3-8H,1-2H3,(H,14,15,16). The van der Waals surface area contributed by atoms with Crippen molar-refractivity contribution in [3.8, 4) is 11.3 Å². The minimum atomic E-state index is 0.348. The molecule has 0 aliphatic heterocycles. The van der Waals surface area contributed by atoms with Crippen molar-refractivity contribution in [2.75, 3.05) is 0 Å². The lowest BCUT2D eigenvalue weighted by Crippen LogP contribution is -1.98. The van der Waals surface area contributed by atoms with Crippen LogP contribution in [0.25, 0.3) is 11.3 Å². The molecule has 2 aromatic heterocycles. The third-order valence-corrected chi connectivity index (χ3v) is 2.76. The molecule has 0 radical (unpaired) electrons. The number of hydrogen-bond acceptors (Lipinski definition) is 3. The minimum absolute atomic E-state index is 0.348. The molecule has 2 heterocycles. The zero-order chi connectivity index (χ0) is 11.5. The van der Waals surface area contributed by atoms with Crippen LogP contribution in [-0.4, -0.2) is 15.0 Å². The molecule has 1 N–H and O–H groups in total. The first-order chi connectivity index (χ1) is 7.70. The van der Waals surface area contributed by atoms with Gasteiger partial charge in [0, 0.05) is 23.5 Å². The van der Waals surface area contributed by atoms with Gasteiger partial charge in [0.1, 0.15) is 4.64 Å². The summed E-state index contributed by atoms with van der Waals surface area (Å²) in [7, 11) is 0. The molecule has 82 valence electrons. The van der Waals surface area contributed by atoms with Gasteiger partial charge in [-0.1, -0.05) is 26.1 Å². The van der Waals surface area contributed by atoms with E-state index in [9.17, 15) is 0 Å². The molecule has 0 amide bonds. The lowest BCUT2D eigenvalue weighted by atomic mass is 9.99. The number of nitrogens with one attached hydrogen (secondary N) is 1. The summed E-state index contributed by atoms with van der Waals surface area (Å²) in [5, 5.41) is 0. The third kappa shape index (κ3) is 2.02. The van der Waals surface area contributed by atoms with Gasteiger partial charge < -0.3 is 4.98 Å².